The topological polar surface area (TPSA) is 17.1 Å². The summed E-state index contributed by atoms with van der Waals surface area (Å²) in [6.45, 7) is 7.08. The molecule has 0 radical (unpaired) electrons. The van der Waals surface area contributed by atoms with Crippen LogP contribution in [0, 0.1) is 0 Å². The SMILES string of the molecule is C=CCCCCCCC(=O)C=C. The Kier molecular flexibility index (Phi) is 7.66. The third-order valence-corrected chi connectivity index (χ3v) is 1.81. The molecule has 0 rings (SSSR count). The fourth-order valence-corrected chi connectivity index (χ4v) is 1.04. The van der Waals surface area contributed by atoms with Gasteiger partial charge in [-0.1, -0.05) is 25.5 Å². The number of hydrogen-bond donors (Lipinski definition) is 0. The summed E-state index contributed by atoms with van der Waals surface area (Å²) < 4.78 is 0. The molecule has 0 N–H and O–H groups in total. The molecule has 1 heteroatoms. The van der Waals surface area contributed by atoms with E-state index in [-0.39, 0.29) is 5.78 Å². The molecule has 68 valence electrons. The van der Waals surface area contributed by atoms with Gasteiger partial charge in [-0.25, -0.2) is 0 Å². The van der Waals surface area contributed by atoms with Gasteiger partial charge in [0.1, 0.15) is 0 Å². The minimum absolute atomic E-state index is 0.165. The minimum Gasteiger partial charge on any atom is -0.295 e. The molecule has 0 aromatic heterocycles. The van der Waals surface area contributed by atoms with Crippen molar-refractivity contribution in [2.24, 2.45) is 0 Å². The number of unbranched alkanes of at least 4 members (excludes halogenated alkanes) is 4. The van der Waals surface area contributed by atoms with Crippen molar-refractivity contribution in [2.75, 3.05) is 0 Å². The molecule has 0 aliphatic rings. The van der Waals surface area contributed by atoms with Gasteiger partial charge in [-0.2, -0.15) is 0 Å². The molecule has 0 fully saturated rings. The van der Waals surface area contributed by atoms with Crippen molar-refractivity contribution >= 4 is 5.78 Å². The lowest BCUT2D eigenvalue weighted by Gasteiger charge is -1.96. The van der Waals surface area contributed by atoms with Crippen LogP contribution in [0.3, 0.4) is 0 Å². The van der Waals surface area contributed by atoms with Crippen molar-refractivity contribution in [1.82, 2.24) is 0 Å². The lowest BCUT2D eigenvalue weighted by molar-refractivity contribution is -0.114. The predicted octanol–water partition coefficient (Wildman–Crippen LogP) is 3.27. The highest BCUT2D eigenvalue weighted by Crippen LogP contribution is 2.05. The van der Waals surface area contributed by atoms with Crippen LogP contribution in [-0.2, 0) is 4.79 Å². The highest BCUT2D eigenvalue weighted by Gasteiger charge is 1.94. The second-order valence-corrected chi connectivity index (χ2v) is 2.91. The van der Waals surface area contributed by atoms with Crippen LogP contribution in [0.4, 0.5) is 0 Å². The largest absolute Gasteiger partial charge is 0.295 e. The van der Waals surface area contributed by atoms with Gasteiger partial charge in [0.2, 0.25) is 0 Å². The van der Waals surface area contributed by atoms with Gasteiger partial charge >= 0.3 is 0 Å². The molecule has 0 atom stereocenters. The van der Waals surface area contributed by atoms with Gasteiger partial charge in [-0.05, 0) is 25.3 Å². The zero-order valence-corrected chi connectivity index (χ0v) is 7.72. The van der Waals surface area contributed by atoms with Crippen molar-refractivity contribution in [3.05, 3.63) is 25.3 Å². The Balaban J connectivity index is 3.05. The summed E-state index contributed by atoms with van der Waals surface area (Å²) in [5, 5.41) is 0. The van der Waals surface area contributed by atoms with Gasteiger partial charge in [-0.3, -0.25) is 4.79 Å². The van der Waals surface area contributed by atoms with Crippen molar-refractivity contribution in [1.29, 1.82) is 0 Å². The van der Waals surface area contributed by atoms with Crippen molar-refractivity contribution in [3.8, 4) is 0 Å². The number of hydrogen-bond acceptors (Lipinski definition) is 1. The summed E-state index contributed by atoms with van der Waals surface area (Å²) in [5.41, 5.74) is 0. The van der Waals surface area contributed by atoms with E-state index in [4.69, 9.17) is 0 Å². The van der Waals surface area contributed by atoms with Gasteiger partial charge in [-0.15, -0.1) is 6.58 Å². The van der Waals surface area contributed by atoms with Gasteiger partial charge in [0.15, 0.2) is 5.78 Å². The summed E-state index contributed by atoms with van der Waals surface area (Å²) in [7, 11) is 0. The molecule has 0 heterocycles. The summed E-state index contributed by atoms with van der Waals surface area (Å²) in [6, 6.07) is 0. The van der Waals surface area contributed by atoms with Crippen molar-refractivity contribution in [3.63, 3.8) is 0 Å². The fraction of sp³-hybridized carbons (Fsp3) is 0.545. The van der Waals surface area contributed by atoms with Crippen LogP contribution in [0.15, 0.2) is 25.3 Å². The molecule has 0 aliphatic heterocycles. The molecule has 12 heavy (non-hydrogen) atoms. The third-order valence-electron chi connectivity index (χ3n) is 1.81. The average Bonchev–Trinajstić information content (AvgIpc) is 2.10. The third kappa shape index (κ3) is 7.26. The summed E-state index contributed by atoms with van der Waals surface area (Å²) in [5.74, 6) is 0.165. The second-order valence-electron chi connectivity index (χ2n) is 2.91. The summed E-state index contributed by atoms with van der Waals surface area (Å²) in [4.78, 5) is 10.8. The molecule has 0 aliphatic carbocycles. The van der Waals surface area contributed by atoms with Crippen LogP contribution in [0.5, 0.6) is 0 Å². The summed E-state index contributed by atoms with van der Waals surface area (Å²) >= 11 is 0. The average molecular weight is 166 g/mol. The van der Waals surface area contributed by atoms with Gasteiger partial charge in [0.25, 0.3) is 0 Å². The second kappa shape index (κ2) is 8.25. The van der Waals surface area contributed by atoms with E-state index >= 15 is 0 Å². The Morgan fingerprint density at radius 3 is 2.33 bits per heavy atom. The molecule has 1 nitrogen and oxygen atoms in total. The van der Waals surface area contributed by atoms with Crippen molar-refractivity contribution < 1.29 is 4.79 Å². The molecular weight excluding hydrogens is 148 g/mol. The standard InChI is InChI=1S/C11H18O/c1-3-5-6-7-8-9-10-11(12)4-2/h3-4H,1-2,5-10H2. The van der Waals surface area contributed by atoms with Crippen LogP contribution in [0.2, 0.25) is 0 Å². The molecule has 0 aromatic carbocycles. The number of carbonyl (C=O) groups is 1. The highest BCUT2D eigenvalue weighted by molar-refractivity contribution is 5.88. The summed E-state index contributed by atoms with van der Waals surface area (Å²) in [6.07, 6.45) is 9.66. The van der Waals surface area contributed by atoms with Gasteiger partial charge in [0.05, 0.1) is 0 Å². The quantitative estimate of drug-likeness (QED) is 0.307. The Bertz CT molecular complexity index is 147. The number of rotatable bonds is 8. The molecule has 0 unspecified atom stereocenters. The first-order valence-electron chi connectivity index (χ1n) is 4.57. The van der Waals surface area contributed by atoms with Crippen LogP contribution >= 0.6 is 0 Å². The number of allylic oxidation sites excluding steroid dienone is 2. The molecule has 0 saturated heterocycles. The van der Waals surface area contributed by atoms with E-state index in [1.165, 1.54) is 18.9 Å². The van der Waals surface area contributed by atoms with Crippen LogP contribution < -0.4 is 0 Å². The van der Waals surface area contributed by atoms with Gasteiger partial charge in [0, 0.05) is 6.42 Å². The highest BCUT2D eigenvalue weighted by atomic mass is 16.1. The fourth-order valence-electron chi connectivity index (χ4n) is 1.04. The Morgan fingerprint density at radius 2 is 1.75 bits per heavy atom. The van der Waals surface area contributed by atoms with Crippen LogP contribution in [0.25, 0.3) is 0 Å². The maximum atomic E-state index is 10.8. The lowest BCUT2D eigenvalue weighted by Crippen LogP contribution is -1.90. The Hall–Kier alpha value is -0.850. The smallest absolute Gasteiger partial charge is 0.155 e. The number of carbonyl (C=O) groups excluding carboxylic acids is 1. The predicted molar refractivity (Wildman–Crippen MR) is 53.1 cm³/mol. The minimum atomic E-state index is 0.165. The molecule has 0 spiro atoms. The Morgan fingerprint density at radius 1 is 1.08 bits per heavy atom. The lowest BCUT2D eigenvalue weighted by atomic mass is 10.1. The van der Waals surface area contributed by atoms with E-state index in [0.29, 0.717) is 6.42 Å². The Labute approximate surface area is 75.2 Å². The molecular formula is C11H18O. The maximum Gasteiger partial charge on any atom is 0.155 e. The molecule has 0 aromatic rings. The zero-order chi connectivity index (χ0) is 9.23. The van der Waals surface area contributed by atoms with E-state index in [1.807, 2.05) is 6.08 Å². The van der Waals surface area contributed by atoms with E-state index in [1.54, 1.807) is 0 Å². The molecule has 0 saturated carbocycles. The van der Waals surface area contributed by atoms with E-state index < -0.39 is 0 Å². The normalized spacial score (nSPS) is 9.33. The first kappa shape index (κ1) is 11.2. The molecule has 0 bridgehead atoms. The van der Waals surface area contributed by atoms with Crippen molar-refractivity contribution in [2.45, 2.75) is 38.5 Å². The van der Waals surface area contributed by atoms with E-state index in [2.05, 4.69) is 13.2 Å². The number of ketones is 1. The van der Waals surface area contributed by atoms with Crippen LogP contribution in [0.1, 0.15) is 38.5 Å². The molecule has 0 amide bonds. The zero-order valence-electron chi connectivity index (χ0n) is 7.72. The maximum absolute atomic E-state index is 10.8. The van der Waals surface area contributed by atoms with Crippen LogP contribution in [-0.4, -0.2) is 5.78 Å². The first-order valence-corrected chi connectivity index (χ1v) is 4.57. The van der Waals surface area contributed by atoms with E-state index in [0.717, 1.165) is 19.3 Å². The van der Waals surface area contributed by atoms with Gasteiger partial charge < -0.3 is 0 Å². The monoisotopic (exact) mass is 166 g/mol. The first-order chi connectivity index (χ1) is 5.81. The van der Waals surface area contributed by atoms with E-state index in [9.17, 15) is 4.79 Å².